The zero-order chi connectivity index (χ0) is 20.3. The number of carbonyl (C=O) groups is 1. The van der Waals surface area contributed by atoms with E-state index in [0.717, 1.165) is 35.7 Å². The third kappa shape index (κ3) is 6.71. The smallest absolute Gasteiger partial charge is 0.222 e. The van der Waals surface area contributed by atoms with E-state index in [1.165, 1.54) is 0 Å². The van der Waals surface area contributed by atoms with Gasteiger partial charge in [-0.25, -0.2) is 0 Å². The Bertz CT molecular complexity index is 824. The lowest BCUT2D eigenvalue weighted by Crippen LogP contribution is -2.31. The van der Waals surface area contributed by atoms with Gasteiger partial charge in [-0.3, -0.25) is 9.79 Å². The zero-order valence-corrected chi connectivity index (χ0v) is 16.7. The van der Waals surface area contributed by atoms with Crippen LogP contribution in [0.25, 0.3) is 0 Å². The van der Waals surface area contributed by atoms with Crippen molar-refractivity contribution in [1.82, 2.24) is 10.6 Å². The lowest BCUT2D eigenvalue weighted by molar-refractivity contribution is -0.121. The summed E-state index contributed by atoms with van der Waals surface area (Å²) in [5.41, 5.74) is 1.93. The predicted octanol–water partition coefficient (Wildman–Crippen LogP) is 2.93. The van der Waals surface area contributed by atoms with E-state index in [0.29, 0.717) is 38.7 Å². The minimum atomic E-state index is -0.0240. The van der Waals surface area contributed by atoms with Crippen molar-refractivity contribution in [3.63, 3.8) is 0 Å². The number of hydrogen-bond donors (Lipinski definition) is 3. The number of anilines is 1. The highest BCUT2D eigenvalue weighted by Crippen LogP contribution is 2.32. The predicted molar refractivity (Wildman–Crippen MR) is 115 cm³/mol. The molecule has 0 radical (unpaired) electrons. The number of guanidine groups is 1. The van der Waals surface area contributed by atoms with Crippen molar-refractivity contribution in [1.29, 1.82) is 0 Å². The number of amides is 1. The molecule has 1 amide bonds. The average molecular weight is 396 g/mol. The van der Waals surface area contributed by atoms with Crippen LogP contribution < -0.4 is 25.4 Å². The molecule has 1 aliphatic rings. The number of fused-ring (bicyclic) bond motifs is 1. The fraction of sp³-hybridized carbons (Fsp3) is 0.364. The third-order valence-electron chi connectivity index (χ3n) is 4.30. The Morgan fingerprint density at radius 1 is 1.03 bits per heavy atom. The topological polar surface area (TPSA) is 84.0 Å². The summed E-state index contributed by atoms with van der Waals surface area (Å²) in [6, 6.07) is 15.6. The third-order valence-corrected chi connectivity index (χ3v) is 4.30. The molecule has 0 spiro atoms. The fourth-order valence-corrected chi connectivity index (χ4v) is 2.84. The maximum absolute atomic E-state index is 12.1. The van der Waals surface area contributed by atoms with Crippen LogP contribution in [-0.2, 0) is 11.3 Å². The van der Waals surface area contributed by atoms with Gasteiger partial charge in [0.25, 0.3) is 0 Å². The van der Waals surface area contributed by atoms with Crippen molar-refractivity contribution >= 4 is 17.6 Å². The SMILES string of the molecule is CCNC(=NCCC(=O)NCc1ccccc1)Nc1ccc2c(c1)OCCCO2. The number of carbonyl (C=O) groups excluding carboxylic acids is 1. The van der Waals surface area contributed by atoms with Crippen LogP contribution in [0.4, 0.5) is 5.69 Å². The van der Waals surface area contributed by atoms with Gasteiger partial charge in [0.1, 0.15) is 0 Å². The van der Waals surface area contributed by atoms with E-state index in [1.807, 2.05) is 55.5 Å². The van der Waals surface area contributed by atoms with E-state index in [9.17, 15) is 4.79 Å². The summed E-state index contributed by atoms with van der Waals surface area (Å²) in [6.07, 6.45) is 1.19. The molecule has 0 bridgehead atoms. The summed E-state index contributed by atoms with van der Waals surface area (Å²) < 4.78 is 11.4. The molecule has 7 nitrogen and oxygen atoms in total. The van der Waals surface area contributed by atoms with Gasteiger partial charge in [-0.15, -0.1) is 0 Å². The van der Waals surface area contributed by atoms with Crippen LogP contribution in [0.5, 0.6) is 11.5 Å². The Hall–Kier alpha value is -3.22. The molecule has 2 aromatic rings. The number of benzene rings is 2. The van der Waals surface area contributed by atoms with E-state index in [1.54, 1.807) is 0 Å². The maximum Gasteiger partial charge on any atom is 0.222 e. The Labute approximate surface area is 171 Å². The molecule has 0 atom stereocenters. The molecule has 0 unspecified atom stereocenters. The summed E-state index contributed by atoms with van der Waals surface area (Å²) in [5, 5.41) is 9.36. The molecular formula is C22H28N4O3. The standard InChI is InChI=1S/C22H28N4O3/c1-2-23-22(24-12-11-21(27)25-16-17-7-4-3-5-8-17)26-18-9-10-19-20(15-18)29-14-6-13-28-19/h3-5,7-10,15H,2,6,11-14,16H2,1H3,(H,25,27)(H2,23,24,26). The van der Waals surface area contributed by atoms with Crippen LogP contribution in [0.15, 0.2) is 53.5 Å². The van der Waals surface area contributed by atoms with Crippen molar-refractivity contribution in [2.75, 3.05) is 31.6 Å². The molecule has 3 rings (SSSR count). The van der Waals surface area contributed by atoms with Crippen molar-refractivity contribution < 1.29 is 14.3 Å². The van der Waals surface area contributed by atoms with Gasteiger partial charge in [0.05, 0.1) is 19.8 Å². The molecule has 0 saturated heterocycles. The number of nitrogens with zero attached hydrogens (tertiary/aromatic N) is 1. The quantitative estimate of drug-likeness (QED) is 0.495. The first-order chi connectivity index (χ1) is 14.2. The summed E-state index contributed by atoms with van der Waals surface area (Å²) >= 11 is 0. The van der Waals surface area contributed by atoms with Gasteiger partial charge in [0, 0.05) is 37.7 Å². The molecule has 0 fully saturated rings. The summed E-state index contributed by atoms with van der Waals surface area (Å²) in [4.78, 5) is 16.6. The van der Waals surface area contributed by atoms with Crippen LogP contribution in [0.2, 0.25) is 0 Å². The number of hydrogen-bond acceptors (Lipinski definition) is 4. The van der Waals surface area contributed by atoms with Crippen LogP contribution in [0.1, 0.15) is 25.3 Å². The monoisotopic (exact) mass is 396 g/mol. The van der Waals surface area contributed by atoms with E-state index in [-0.39, 0.29) is 5.91 Å². The minimum Gasteiger partial charge on any atom is -0.490 e. The lowest BCUT2D eigenvalue weighted by Gasteiger charge is -2.13. The van der Waals surface area contributed by atoms with Gasteiger partial charge >= 0.3 is 0 Å². The molecule has 154 valence electrons. The molecule has 0 saturated carbocycles. The Morgan fingerprint density at radius 3 is 2.62 bits per heavy atom. The Balaban J connectivity index is 1.51. The molecule has 1 aliphatic heterocycles. The van der Waals surface area contributed by atoms with Crippen LogP contribution >= 0.6 is 0 Å². The van der Waals surface area contributed by atoms with Crippen LogP contribution in [0, 0.1) is 0 Å². The van der Waals surface area contributed by atoms with Gasteiger partial charge in [-0.05, 0) is 24.6 Å². The highest BCUT2D eigenvalue weighted by atomic mass is 16.5. The van der Waals surface area contributed by atoms with Gasteiger partial charge < -0.3 is 25.4 Å². The van der Waals surface area contributed by atoms with Crippen molar-refractivity contribution in [2.45, 2.75) is 26.3 Å². The minimum absolute atomic E-state index is 0.0240. The van der Waals surface area contributed by atoms with Crippen molar-refractivity contribution in [3.8, 4) is 11.5 Å². The number of nitrogens with one attached hydrogen (secondary N) is 3. The normalized spacial score (nSPS) is 13.3. The Morgan fingerprint density at radius 2 is 1.83 bits per heavy atom. The van der Waals surface area contributed by atoms with E-state index < -0.39 is 0 Å². The second-order valence-electron chi connectivity index (χ2n) is 6.61. The van der Waals surface area contributed by atoms with Gasteiger partial charge in [-0.1, -0.05) is 30.3 Å². The first-order valence-electron chi connectivity index (χ1n) is 10.00. The van der Waals surface area contributed by atoms with Gasteiger partial charge in [0.15, 0.2) is 17.5 Å². The second-order valence-corrected chi connectivity index (χ2v) is 6.61. The summed E-state index contributed by atoms with van der Waals surface area (Å²) in [6.45, 7) is 4.94. The van der Waals surface area contributed by atoms with Crippen LogP contribution in [0.3, 0.4) is 0 Å². The Kier molecular flexibility index (Phi) is 7.74. The molecular weight excluding hydrogens is 368 g/mol. The molecule has 2 aromatic carbocycles. The second kappa shape index (κ2) is 10.9. The van der Waals surface area contributed by atoms with Crippen molar-refractivity contribution in [2.24, 2.45) is 4.99 Å². The maximum atomic E-state index is 12.1. The molecule has 0 aromatic heterocycles. The van der Waals surface area contributed by atoms with Crippen molar-refractivity contribution in [3.05, 3.63) is 54.1 Å². The summed E-state index contributed by atoms with van der Waals surface area (Å²) in [7, 11) is 0. The van der Waals surface area contributed by atoms with Gasteiger partial charge in [-0.2, -0.15) is 0 Å². The molecule has 29 heavy (non-hydrogen) atoms. The van der Waals surface area contributed by atoms with E-state index >= 15 is 0 Å². The largest absolute Gasteiger partial charge is 0.490 e. The van der Waals surface area contributed by atoms with E-state index in [2.05, 4.69) is 20.9 Å². The first-order valence-corrected chi connectivity index (χ1v) is 10.00. The molecule has 1 heterocycles. The zero-order valence-electron chi connectivity index (χ0n) is 16.7. The van der Waals surface area contributed by atoms with E-state index in [4.69, 9.17) is 9.47 Å². The number of aliphatic imine (C=N–C) groups is 1. The number of rotatable bonds is 7. The molecule has 0 aliphatic carbocycles. The highest BCUT2D eigenvalue weighted by Gasteiger charge is 2.11. The lowest BCUT2D eigenvalue weighted by atomic mass is 10.2. The molecule has 3 N–H and O–H groups in total. The summed E-state index contributed by atoms with van der Waals surface area (Å²) in [5.74, 6) is 2.08. The number of ether oxygens (including phenoxy) is 2. The first kappa shape index (κ1) is 20.5. The average Bonchev–Trinajstić information content (AvgIpc) is 2.98. The van der Waals surface area contributed by atoms with Crippen LogP contribution in [-0.4, -0.2) is 38.2 Å². The van der Waals surface area contributed by atoms with Gasteiger partial charge in [0.2, 0.25) is 5.91 Å². The fourth-order valence-electron chi connectivity index (χ4n) is 2.84. The highest BCUT2D eigenvalue weighted by molar-refractivity contribution is 5.94. The molecule has 7 heteroatoms.